The second kappa shape index (κ2) is 5.47. The molecule has 0 heterocycles. The van der Waals surface area contributed by atoms with Gasteiger partial charge in [-0.05, 0) is 62.9 Å². The number of nitrogens with one attached hydrogen (secondary N) is 2. The molecule has 2 rings (SSSR count). The summed E-state index contributed by atoms with van der Waals surface area (Å²) in [6.07, 6.45) is 1.84. The van der Waals surface area contributed by atoms with Crippen molar-refractivity contribution in [3.63, 3.8) is 0 Å². The van der Waals surface area contributed by atoms with E-state index in [9.17, 15) is 8.42 Å². The maximum Gasteiger partial charge on any atom is 0.241 e. The Morgan fingerprint density at radius 3 is 2.45 bits per heavy atom. The molecule has 0 aliphatic heterocycles. The molecule has 20 heavy (non-hydrogen) atoms. The molecule has 1 aliphatic rings. The molecule has 4 nitrogen and oxygen atoms in total. The minimum absolute atomic E-state index is 0.239. The zero-order valence-corrected chi connectivity index (χ0v) is 13.5. The van der Waals surface area contributed by atoms with Crippen LogP contribution in [-0.2, 0) is 16.6 Å². The maximum absolute atomic E-state index is 12.6. The van der Waals surface area contributed by atoms with Gasteiger partial charge in [0.05, 0.1) is 4.90 Å². The molecule has 5 heteroatoms. The van der Waals surface area contributed by atoms with E-state index in [1.54, 1.807) is 6.07 Å². The van der Waals surface area contributed by atoms with Gasteiger partial charge in [0.15, 0.2) is 0 Å². The van der Waals surface area contributed by atoms with Crippen LogP contribution < -0.4 is 10.0 Å². The third kappa shape index (κ3) is 3.40. The van der Waals surface area contributed by atoms with Crippen LogP contribution in [-0.4, -0.2) is 20.5 Å². The zero-order chi connectivity index (χ0) is 15.0. The third-order valence-electron chi connectivity index (χ3n) is 3.93. The van der Waals surface area contributed by atoms with E-state index in [1.807, 2.05) is 27.7 Å². The summed E-state index contributed by atoms with van der Waals surface area (Å²) in [7, 11) is -3.43. The summed E-state index contributed by atoms with van der Waals surface area (Å²) in [4.78, 5) is 0.415. The van der Waals surface area contributed by atoms with Crippen molar-refractivity contribution in [1.82, 2.24) is 10.0 Å². The standard InChI is InChI=1S/C15H24N2O2S/c1-5-16-10-13-8-11(2)12(3)14(9-13)20(18,19)17-15(4)6-7-15/h8-9,16-17H,5-7,10H2,1-4H3. The van der Waals surface area contributed by atoms with Crippen molar-refractivity contribution in [1.29, 1.82) is 0 Å². The number of benzene rings is 1. The summed E-state index contributed by atoms with van der Waals surface area (Å²) in [5.74, 6) is 0. The highest BCUT2D eigenvalue weighted by Crippen LogP contribution is 2.36. The average Bonchev–Trinajstić information content (AvgIpc) is 3.06. The van der Waals surface area contributed by atoms with Crippen LogP contribution in [0.2, 0.25) is 0 Å². The van der Waals surface area contributed by atoms with E-state index in [4.69, 9.17) is 0 Å². The molecule has 0 atom stereocenters. The molecule has 0 saturated heterocycles. The minimum atomic E-state index is -3.43. The molecular formula is C15H24N2O2S. The lowest BCUT2D eigenvalue weighted by Gasteiger charge is -2.16. The van der Waals surface area contributed by atoms with E-state index in [0.717, 1.165) is 36.1 Å². The second-order valence-corrected chi connectivity index (χ2v) is 7.63. The van der Waals surface area contributed by atoms with Crippen LogP contribution in [0.5, 0.6) is 0 Å². The monoisotopic (exact) mass is 296 g/mol. The molecule has 2 N–H and O–H groups in total. The van der Waals surface area contributed by atoms with E-state index < -0.39 is 10.0 Å². The van der Waals surface area contributed by atoms with E-state index in [1.165, 1.54) is 0 Å². The Labute approximate surface area is 122 Å². The third-order valence-corrected chi connectivity index (χ3v) is 5.69. The molecule has 1 aromatic rings. The predicted molar refractivity (Wildman–Crippen MR) is 81.3 cm³/mol. The van der Waals surface area contributed by atoms with Crippen LogP contribution in [0.4, 0.5) is 0 Å². The Morgan fingerprint density at radius 1 is 1.25 bits per heavy atom. The predicted octanol–water partition coefficient (Wildman–Crippen LogP) is 2.24. The quantitative estimate of drug-likeness (QED) is 0.846. The molecule has 0 aromatic heterocycles. The largest absolute Gasteiger partial charge is 0.313 e. The van der Waals surface area contributed by atoms with Crippen molar-refractivity contribution in [2.75, 3.05) is 6.54 Å². The molecule has 0 amide bonds. The van der Waals surface area contributed by atoms with Crippen LogP contribution in [0.3, 0.4) is 0 Å². The zero-order valence-electron chi connectivity index (χ0n) is 12.7. The molecule has 1 saturated carbocycles. The van der Waals surface area contributed by atoms with Crippen LogP contribution in [0.1, 0.15) is 43.4 Å². The summed E-state index contributed by atoms with van der Waals surface area (Å²) in [5.41, 5.74) is 2.62. The first-order valence-electron chi connectivity index (χ1n) is 7.12. The molecule has 112 valence electrons. The highest BCUT2D eigenvalue weighted by Gasteiger charge is 2.41. The average molecular weight is 296 g/mol. The number of hydrogen-bond donors (Lipinski definition) is 2. The summed E-state index contributed by atoms with van der Waals surface area (Å²) >= 11 is 0. The molecule has 0 bridgehead atoms. The van der Waals surface area contributed by atoms with Gasteiger partial charge in [-0.2, -0.15) is 0 Å². The van der Waals surface area contributed by atoms with Crippen molar-refractivity contribution in [2.24, 2.45) is 0 Å². The van der Waals surface area contributed by atoms with Crippen molar-refractivity contribution in [3.8, 4) is 0 Å². The summed E-state index contributed by atoms with van der Waals surface area (Å²) in [6, 6.07) is 3.84. The van der Waals surface area contributed by atoms with Crippen LogP contribution >= 0.6 is 0 Å². The van der Waals surface area contributed by atoms with Crippen LogP contribution in [0.25, 0.3) is 0 Å². The van der Waals surface area contributed by atoms with Gasteiger partial charge in [0, 0.05) is 12.1 Å². The second-order valence-electron chi connectivity index (χ2n) is 5.98. The van der Waals surface area contributed by atoms with E-state index in [2.05, 4.69) is 16.1 Å². The lowest BCUT2D eigenvalue weighted by molar-refractivity contribution is 0.557. The number of rotatable bonds is 6. The van der Waals surface area contributed by atoms with E-state index in [0.29, 0.717) is 11.4 Å². The molecule has 1 aromatic carbocycles. The van der Waals surface area contributed by atoms with Gasteiger partial charge in [0.25, 0.3) is 0 Å². The van der Waals surface area contributed by atoms with Gasteiger partial charge in [0.2, 0.25) is 10.0 Å². The van der Waals surface area contributed by atoms with Crippen molar-refractivity contribution >= 4 is 10.0 Å². The summed E-state index contributed by atoms with van der Waals surface area (Å²) < 4.78 is 27.9. The van der Waals surface area contributed by atoms with Gasteiger partial charge in [-0.15, -0.1) is 0 Å². The highest BCUT2D eigenvalue weighted by molar-refractivity contribution is 7.89. The van der Waals surface area contributed by atoms with E-state index in [-0.39, 0.29) is 5.54 Å². The molecule has 0 unspecified atom stereocenters. The van der Waals surface area contributed by atoms with Gasteiger partial charge in [0.1, 0.15) is 0 Å². The van der Waals surface area contributed by atoms with Gasteiger partial charge in [-0.1, -0.05) is 13.0 Å². The Morgan fingerprint density at radius 2 is 1.90 bits per heavy atom. The van der Waals surface area contributed by atoms with Gasteiger partial charge < -0.3 is 5.32 Å². The molecular weight excluding hydrogens is 272 g/mol. The fourth-order valence-corrected chi connectivity index (χ4v) is 4.05. The molecule has 1 fully saturated rings. The van der Waals surface area contributed by atoms with Gasteiger partial charge in [-0.25, -0.2) is 13.1 Å². The molecule has 0 radical (unpaired) electrons. The SMILES string of the molecule is CCNCc1cc(C)c(C)c(S(=O)(=O)NC2(C)CC2)c1. The lowest BCUT2D eigenvalue weighted by atomic mass is 10.1. The molecule has 0 spiro atoms. The summed E-state index contributed by atoms with van der Waals surface area (Å²) in [6.45, 7) is 9.38. The van der Waals surface area contributed by atoms with Gasteiger partial charge >= 0.3 is 0 Å². The Bertz CT molecular complexity index is 605. The smallest absolute Gasteiger partial charge is 0.241 e. The van der Waals surface area contributed by atoms with Gasteiger partial charge in [-0.3, -0.25) is 0 Å². The number of hydrogen-bond acceptors (Lipinski definition) is 3. The first kappa shape index (κ1) is 15.5. The summed E-state index contributed by atoms with van der Waals surface area (Å²) in [5, 5.41) is 3.24. The normalized spacial score (nSPS) is 17.2. The minimum Gasteiger partial charge on any atom is -0.313 e. The number of sulfonamides is 1. The van der Waals surface area contributed by atoms with E-state index >= 15 is 0 Å². The maximum atomic E-state index is 12.6. The molecule has 1 aliphatic carbocycles. The number of aryl methyl sites for hydroxylation is 1. The Balaban J connectivity index is 2.36. The first-order chi connectivity index (χ1) is 9.27. The van der Waals surface area contributed by atoms with Crippen molar-refractivity contribution in [3.05, 3.63) is 28.8 Å². The Kier molecular flexibility index (Phi) is 4.23. The van der Waals surface area contributed by atoms with Crippen LogP contribution in [0.15, 0.2) is 17.0 Å². The fourth-order valence-electron chi connectivity index (χ4n) is 2.22. The first-order valence-corrected chi connectivity index (χ1v) is 8.60. The Hall–Kier alpha value is -0.910. The van der Waals surface area contributed by atoms with Crippen molar-refractivity contribution < 1.29 is 8.42 Å². The van der Waals surface area contributed by atoms with Crippen molar-refractivity contribution in [2.45, 2.75) is 57.5 Å². The van der Waals surface area contributed by atoms with Crippen LogP contribution in [0, 0.1) is 13.8 Å². The fraction of sp³-hybridized carbons (Fsp3) is 0.600. The highest BCUT2D eigenvalue weighted by atomic mass is 32.2. The lowest BCUT2D eigenvalue weighted by Crippen LogP contribution is -2.34. The topological polar surface area (TPSA) is 58.2 Å².